The van der Waals surface area contributed by atoms with E-state index in [4.69, 9.17) is 10.5 Å². The minimum absolute atomic E-state index is 0.210. The van der Waals surface area contributed by atoms with Crippen molar-refractivity contribution in [3.63, 3.8) is 0 Å². The van der Waals surface area contributed by atoms with Crippen LogP contribution in [0.15, 0.2) is 30.5 Å². The van der Waals surface area contributed by atoms with Crippen molar-refractivity contribution in [2.75, 3.05) is 6.61 Å². The van der Waals surface area contributed by atoms with Crippen LogP contribution < -0.4 is 11.1 Å². The SMILES string of the molecule is CC(C)[C@@H](NC(N)=O)C(=O)OCC(=O)c1c[nH]c2ccccc12. The Balaban J connectivity index is 2.03. The van der Waals surface area contributed by atoms with Crippen LogP contribution in [0.2, 0.25) is 0 Å². The van der Waals surface area contributed by atoms with Gasteiger partial charge in [-0.25, -0.2) is 9.59 Å². The number of benzene rings is 1. The van der Waals surface area contributed by atoms with Crippen molar-refractivity contribution in [1.29, 1.82) is 0 Å². The number of amides is 2. The molecule has 0 unspecified atom stereocenters. The van der Waals surface area contributed by atoms with Crippen molar-refractivity contribution < 1.29 is 19.1 Å². The molecule has 0 spiro atoms. The van der Waals surface area contributed by atoms with Gasteiger partial charge in [0, 0.05) is 22.7 Å². The summed E-state index contributed by atoms with van der Waals surface area (Å²) in [4.78, 5) is 38.1. The number of esters is 1. The lowest BCUT2D eigenvalue weighted by atomic mass is 10.1. The second-order valence-electron chi connectivity index (χ2n) is 5.51. The normalized spacial score (nSPS) is 12.1. The summed E-state index contributed by atoms with van der Waals surface area (Å²) in [6.07, 6.45) is 1.59. The third kappa shape index (κ3) is 3.88. The van der Waals surface area contributed by atoms with Gasteiger partial charge in [-0.3, -0.25) is 4.79 Å². The number of hydrogen-bond acceptors (Lipinski definition) is 4. The number of nitrogens with two attached hydrogens (primary N) is 1. The number of rotatable bonds is 6. The van der Waals surface area contributed by atoms with Gasteiger partial charge in [0.05, 0.1) is 0 Å². The lowest BCUT2D eigenvalue weighted by molar-refractivity contribution is -0.145. The fourth-order valence-electron chi connectivity index (χ4n) is 2.26. The lowest BCUT2D eigenvalue weighted by Crippen LogP contribution is -2.47. The highest BCUT2D eigenvalue weighted by Crippen LogP contribution is 2.18. The van der Waals surface area contributed by atoms with Gasteiger partial charge in [0.1, 0.15) is 6.04 Å². The number of ketones is 1. The molecule has 0 radical (unpaired) electrons. The molecule has 1 heterocycles. The number of carbonyl (C=O) groups excluding carboxylic acids is 3. The highest BCUT2D eigenvalue weighted by Gasteiger charge is 2.26. The fourth-order valence-corrected chi connectivity index (χ4v) is 2.26. The van der Waals surface area contributed by atoms with E-state index < -0.39 is 24.6 Å². The lowest BCUT2D eigenvalue weighted by Gasteiger charge is -2.19. The number of aromatic amines is 1. The number of primary amides is 1. The van der Waals surface area contributed by atoms with Gasteiger partial charge in [-0.15, -0.1) is 0 Å². The minimum Gasteiger partial charge on any atom is -0.456 e. The molecule has 7 heteroatoms. The Morgan fingerprint density at radius 3 is 2.61 bits per heavy atom. The van der Waals surface area contributed by atoms with Crippen LogP contribution in [0.25, 0.3) is 10.9 Å². The molecule has 0 fully saturated rings. The molecule has 7 nitrogen and oxygen atoms in total. The summed E-state index contributed by atoms with van der Waals surface area (Å²) in [5.74, 6) is -1.22. The van der Waals surface area contributed by atoms with Crippen LogP contribution in [0.4, 0.5) is 4.79 Å². The average molecular weight is 317 g/mol. The number of nitrogens with one attached hydrogen (secondary N) is 2. The summed E-state index contributed by atoms with van der Waals surface area (Å²) in [5, 5.41) is 3.08. The zero-order valence-electron chi connectivity index (χ0n) is 13.0. The molecule has 1 aromatic heterocycles. The molecule has 0 aliphatic carbocycles. The summed E-state index contributed by atoms with van der Waals surface area (Å²) in [7, 11) is 0. The standard InChI is InChI=1S/C16H19N3O4/c1-9(2)14(19-16(17)22)15(21)23-8-13(20)11-7-18-12-6-4-3-5-10(11)12/h3-7,9,14,18H,8H2,1-2H3,(H3,17,19,22)/t14-/m1/s1. The van der Waals surface area contributed by atoms with Crippen molar-refractivity contribution in [2.24, 2.45) is 11.7 Å². The molecule has 0 saturated carbocycles. The molecule has 2 rings (SSSR count). The molecule has 0 saturated heterocycles. The monoisotopic (exact) mass is 317 g/mol. The Morgan fingerprint density at radius 2 is 1.96 bits per heavy atom. The molecule has 0 aliphatic heterocycles. The van der Waals surface area contributed by atoms with Crippen LogP contribution in [-0.4, -0.2) is 35.4 Å². The van der Waals surface area contributed by atoms with Gasteiger partial charge in [-0.2, -0.15) is 0 Å². The molecule has 0 bridgehead atoms. The van der Waals surface area contributed by atoms with Gasteiger partial charge in [-0.1, -0.05) is 32.0 Å². The number of urea groups is 1. The Hall–Kier alpha value is -2.83. The van der Waals surface area contributed by atoms with Crippen LogP contribution >= 0.6 is 0 Å². The van der Waals surface area contributed by atoms with Gasteiger partial charge >= 0.3 is 12.0 Å². The van der Waals surface area contributed by atoms with Gasteiger partial charge in [0.2, 0.25) is 5.78 Å². The van der Waals surface area contributed by atoms with Crippen molar-refractivity contribution >= 4 is 28.7 Å². The van der Waals surface area contributed by atoms with Crippen LogP contribution in [0.5, 0.6) is 0 Å². The first-order chi connectivity index (χ1) is 10.9. The largest absolute Gasteiger partial charge is 0.456 e. The van der Waals surface area contributed by atoms with E-state index in [-0.39, 0.29) is 11.7 Å². The highest BCUT2D eigenvalue weighted by molar-refractivity contribution is 6.08. The minimum atomic E-state index is -0.886. The van der Waals surface area contributed by atoms with E-state index in [9.17, 15) is 14.4 Å². The molecular weight excluding hydrogens is 298 g/mol. The van der Waals surface area contributed by atoms with Crippen LogP contribution in [0.1, 0.15) is 24.2 Å². The molecule has 1 atom stereocenters. The van der Waals surface area contributed by atoms with E-state index in [1.165, 1.54) is 0 Å². The fraction of sp³-hybridized carbons (Fsp3) is 0.312. The molecule has 2 aromatic rings. The number of ether oxygens (including phenoxy) is 1. The third-order valence-corrected chi connectivity index (χ3v) is 3.45. The predicted octanol–water partition coefficient (Wildman–Crippen LogP) is 1.59. The first-order valence-electron chi connectivity index (χ1n) is 7.22. The van der Waals surface area contributed by atoms with Crippen molar-refractivity contribution in [3.8, 4) is 0 Å². The van der Waals surface area contributed by atoms with E-state index in [0.29, 0.717) is 5.56 Å². The molecule has 2 amide bonds. The Morgan fingerprint density at radius 1 is 1.26 bits per heavy atom. The smallest absolute Gasteiger partial charge is 0.329 e. The number of aromatic nitrogens is 1. The predicted molar refractivity (Wildman–Crippen MR) is 84.9 cm³/mol. The Bertz CT molecular complexity index is 736. The van der Waals surface area contributed by atoms with Crippen LogP contribution in [0, 0.1) is 5.92 Å². The highest BCUT2D eigenvalue weighted by atomic mass is 16.5. The number of Topliss-reactive ketones (excluding diaryl/α,β-unsaturated/α-hetero) is 1. The van der Waals surface area contributed by atoms with E-state index in [1.807, 2.05) is 24.3 Å². The van der Waals surface area contributed by atoms with Gasteiger partial charge in [0.15, 0.2) is 6.61 Å². The average Bonchev–Trinajstić information content (AvgIpc) is 2.93. The maximum atomic E-state index is 12.2. The summed E-state index contributed by atoms with van der Waals surface area (Å²) in [6, 6.07) is 5.64. The maximum absolute atomic E-state index is 12.2. The molecule has 0 aliphatic rings. The van der Waals surface area contributed by atoms with E-state index in [2.05, 4.69) is 10.3 Å². The maximum Gasteiger partial charge on any atom is 0.329 e. The number of fused-ring (bicyclic) bond motifs is 1. The number of H-pyrrole nitrogens is 1. The summed E-state index contributed by atoms with van der Waals surface area (Å²) < 4.78 is 5.03. The molecule has 4 N–H and O–H groups in total. The van der Waals surface area contributed by atoms with Crippen molar-refractivity contribution in [2.45, 2.75) is 19.9 Å². The Labute approximate surface area is 133 Å². The topological polar surface area (TPSA) is 114 Å². The summed E-state index contributed by atoms with van der Waals surface area (Å²) in [6.45, 7) is 3.08. The number of para-hydroxylation sites is 1. The summed E-state index contributed by atoms with van der Waals surface area (Å²) in [5.41, 5.74) is 6.32. The summed E-state index contributed by atoms with van der Waals surface area (Å²) >= 11 is 0. The quantitative estimate of drug-likeness (QED) is 0.554. The van der Waals surface area contributed by atoms with E-state index in [0.717, 1.165) is 10.9 Å². The van der Waals surface area contributed by atoms with E-state index in [1.54, 1.807) is 20.0 Å². The van der Waals surface area contributed by atoms with Crippen LogP contribution in [0.3, 0.4) is 0 Å². The molecular formula is C16H19N3O4. The van der Waals surface area contributed by atoms with Crippen molar-refractivity contribution in [3.05, 3.63) is 36.0 Å². The number of carbonyl (C=O) groups is 3. The molecule has 122 valence electrons. The molecule has 1 aromatic carbocycles. The zero-order valence-corrected chi connectivity index (χ0v) is 13.0. The van der Waals surface area contributed by atoms with E-state index >= 15 is 0 Å². The third-order valence-electron chi connectivity index (χ3n) is 3.45. The van der Waals surface area contributed by atoms with Crippen molar-refractivity contribution in [1.82, 2.24) is 10.3 Å². The Kier molecular flexibility index (Phi) is 5.00. The number of hydrogen-bond donors (Lipinski definition) is 3. The van der Waals surface area contributed by atoms with Crippen LogP contribution in [-0.2, 0) is 9.53 Å². The van der Waals surface area contributed by atoms with Gasteiger partial charge < -0.3 is 20.8 Å². The first-order valence-corrected chi connectivity index (χ1v) is 7.22. The zero-order chi connectivity index (χ0) is 17.0. The van der Waals surface area contributed by atoms with Gasteiger partial charge in [0.25, 0.3) is 0 Å². The second-order valence-corrected chi connectivity index (χ2v) is 5.51. The molecule has 23 heavy (non-hydrogen) atoms. The first kappa shape index (κ1) is 16.5. The second kappa shape index (κ2) is 6.95. The van der Waals surface area contributed by atoms with Gasteiger partial charge in [-0.05, 0) is 12.0 Å².